The fraction of sp³-hybridized carbons (Fsp3) is 0.588. The molecule has 0 amide bonds. The highest BCUT2D eigenvalue weighted by Gasteiger charge is 2.39. The van der Waals surface area contributed by atoms with E-state index >= 15 is 0 Å². The van der Waals surface area contributed by atoms with Crippen molar-refractivity contribution in [2.75, 3.05) is 30.8 Å². The fourth-order valence-electron chi connectivity index (χ4n) is 3.21. The molecule has 1 N–H and O–H groups in total. The summed E-state index contributed by atoms with van der Waals surface area (Å²) < 4.78 is 0. The van der Waals surface area contributed by atoms with Gasteiger partial charge in [-0.25, -0.2) is 0 Å². The molecule has 2 aliphatic rings. The summed E-state index contributed by atoms with van der Waals surface area (Å²) in [6, 6.07) is 10.6. The Morgan fingerprint density at radius 3 is 2.76 bits per heavy atom. The van der Waals surface area contributed by atoms with E-state index in [2.05, 4.69) is 47.6 Å². The molecule has 21 heavy (non-hydrogen) atoms. The van der Waals surface area contributed by atoms with Crippen LogP contribution in [0.4, 0.5) is 5.69 Å². The molecule has 0 aromatic heterocycles. The van der Waals surface area contributed by atoms with E-state index in [0.29, 0.717) is 5.54 Å². The Morgan fingerprint density at radius 1 is 1.24 bits per heavy atom. The van der Waals surface area contributed by atoms with E-state index in [9.17, 15) is 0 Å². The molecule has 0 unspecified atom stereocenters. The molecule has 1 aromatic rings. The van der Waals surface area contributed by atoms with Crippen molar-refractivity contribution in [1.82, 2.24) is 5.32 Å². The third-order valence-corrected chi connectivity index (χ3v) is 5.72. The highest BCUT2D eigenvalue weighted by molar-refractivity contribution is 8.14. The van der Waals surface area contributed by atoms with Crippen molar-refractivity contribution >= 4 is 22.6 Å². The summed E-state index contributed by atoms with van der Waals surface area (Å²) in [5, 5.41) is 4.87. The van der Waals surface area contributed by atoms with E-state index in [1.54, 1.807) is 0 Å². The largest absolute Gasteiger partial charge is 0.375 e. The normalized spacial score (nSPS) is 21.9. The van der Waals surface area contributed by atoms with Crippen molar-refractivity contribution in [2.45, 2.75) is 37.6 Å². The maximum atomic E-state index is 4.75. The van der Waals surface area contributed by atoms with Gasteiger partial charge in [0.25, 0.3) is 0 Å². The summed E-state index contributed by atoms with van der Waals surface area (Å²) in [7, 11) is 2.15. The lowest BCUT2D eigenvalue weighted by Gasteiger charge is -2.21. The van der Waals surface area contributed by atoms with Gasteiger partial charge < -0.3 is 10.2 Å². The summed E-state index contributed by atoms with van der Waals surface area (Å²) in [5.74, 6) is 1.22. The molecule has 0 radical (unpaired) electrons. The van der Waals surface area contributed by atoms with Crippen molar-refractivity contribution < 1.29 is 0 Å². The average molecular weight is 303 g/mol. The van der Waals surface area contributed by atoms with Gasteiger partial charge in [-0.05, 0) is 31.4 Å². The smallest absolute Gasteiger partial charge is 0.157 e. The van der Waals surface area contributed by atoms with Crippen molar-refractivity contribution in [3.05, 3.63) is 30.3 Å². The minimum atomic E-state index is 0.393. The molecular weight excluding hydrogens is 278 g/mol. The monoisotopic (exact) mass is 303 g/mol. The Labute approximate surface area is 132 Å². The van der Waals surface area contributed by atoms with Gasteiger partial charge in [0.15, 0.2) is 5.17 Å². The summed E-state index contributed by atoms with van der Waals surface area (Å²) in [6.07, 6.45) is 6.51. The maximum Gasteiger partial charge on any atom is 0.157 e. The third kappa shape index (κ3) is 3.73. The number of para-hydroxylation sites is 1. The van der Waals surface area contributed by atoms with Gasteiger partial charge >= 0.3 is 0 Å². The van der Waals surface area contributed by atoms with Crippen LogP contribution in [0.25, 0.3) is 0 Å². The molecule has 1 aliphatic carbocycles. The summed E-state index contributed by atoms with van der Waals surface area (Å²) in [5.41, 5.74) is 1.67. The van der Waals surface area contributed by atoms with E-state index < -0.39 is 0 Å². The van der Waals surface area contributed by atoms with E-state index in [4.69, 9.17) is 4.99 Å². The Hall–Kier alpha value is -1.16. The zero-order valence-electron chi connectivity index (χ0n) is 12.8. The number of nitrogens with zero attached hydrogens (tertiary/aromatic N) is 2. The molecule has 0 atom stereocenters. The maximum absolute atomic E-state index is 4.75. The number of hydrogen-bond donors (Lipinski definition) is 1. The lowest BCUT2D eigenvalue weighted by molar-refractivity contribution is 0.452. The number of aliphatic imine (C=N–C) groups is 1. The van der Waals surface area contributed by atoms with E-state index in [1.165, 1.54) is 42.3 Å². The van der Waals surface area contributed by atoms with E-state index in [0.717, 1.165) is 19.5 Å². The standard InChI is InChI=1S/C17H25N3S/c1-20(15-8-3-2-4-9-15)13-7-12-18-16-19-17(14-21-16)10-5-6-11-17/h2-4,8-9H,5-7,10-14H2,1H3,(H,18,19). The molecule has 1 spiro atoms. The minimum absolute atomic E-state index is 0.393. The average Bonchev–Trinajstić information content (AvgIpc) is 3.15. The Morgan fingerprint density at radius 2 is 2.00 bits per heavy atom. The molecule has 1 saturated heterocycles. The molecular formula is C17H25N3S. The van der Waals surface area contributed by atoms with Crippen LogP contribution in [-0.2, 0) is 0 Å². The second kappa shape index (κ2) is 6.73. The predicted octanol–water partition coefficient (Wildman–Crippen LogP) is 3.52. The lowest BCUT2D eigenvalue weighted by atomic mass is 10.0. The Bertz CT molecular complexity index is 480. The first-order valence-electron chi connectivity index (χ1n) is 7.99. The molecule has 2 fully saturated rings. The van der Waals surface area contributed by atoms with Crippen LogP contribution in [0.1, 0.15) is 32.1 Å². The van der Waals surface area contributed by atoms with Crippen molar-refractivity contribution in [1.29, 1.82) is 0 Å². The molecule has 1 saturated carbocycles. The number of anilines is 1. The quantitative estimate of drug-likeness (QED) is 0.844. The van der Waals surface area contributed by atoms with Crippen LogP contribution in [-0.4, -0.2) is 36.6 Å². The molecule has 4 heteroatoms. The first kappa shape index (κ1) is 14.8. The number of rotatable bonds is 5. The van der Waals surface area contributed by atoms with Gasteiger partial charge in [0, 0.05) is 37.1 Å². The van der Waals surface area contributed by atoms with Gasteiger partial charge in [-0.1, -0.05) is 42.8 Å². The van der Waals surface area contributed by atoms with Gasteiger partial charge in [0.2, 0.25) is 0 Å². The van der Waals surface area contributed by atoms with Crippen molar-refractivity contribution in [3.8, 4) is 0 Å². The first-order chi connectivity index (χ1) is 10.3. The lowest BCUT2D eigenvalue weighted by Crippen LogP contribution is -2.40. The van der Waals surface area contributed by atoms with Crippen LogP contribution in [0.2, 0.25) is 0 Å². The fourth-order valence-corrected chi connectivity index (χ4v) is 4.46. The molecule has 1 aliphatic heterocycles. The second-order valence-electron chi connectivity index (χ2n) is 6.20. The van der Waals surface area contributed by atoms with Gasteiger partial charge in [-0.3, -0.25) is 4.99 Å². The highest BCUT2D eigenvalue weighted by atomic mass is 32.2. The summed E-state index contributed by atoms with van der Waals surface area (Å²) >= 11 is 1.92. The van der Waals surface area contributed by atoms with E-state index in [1.807, 2.05) is 11.8 Å². The summed E-state index contributed by atoms with van der Waals surface area (Å²) in [6.45, 7) is 1.97. The van der Waals surface area contributed by atoms with Crippen molar-refractivity contribution in [3.63, 3.8) is 0 Å². The van der Waals surface area contributed by atoms with E-state index in [-0.39, 0.29) is 0 Å². The van der Waals surface area contributed by atoms with Crippen LogP contribution >= 0.6 is 11.8 Å². The molecule has 3 rings (SSSR count). The molecule has 1 heterocycles. The SMILES string of the molecule is CN(CCCN=C1NC2(CCCC2)CS1)c1ccccc1. The zero-order valence-corrected chi connectivity index (χ0v) is 13.7. The van der Waals surface area contributed by atoms with Crippen LogP contribution < -0.4 is 10.2 Å². The zero-order chi connectivity index (χ0) is 14.5. The molecule has 1 aromatic carbocycles. The third-order valence-electron chi connectivity index (χ3n) is 4.52. The minimum Gasteiger partial charge on any atom is -0.375 e. The van der Waals surface area contributed by atoms with Crippen LogP contribution in [0.15, 0.2) is 35.3 Å². The summed E-state index contributed by atoms with van der Waals surface area (Å²) in [4.78, 5) is 7.05. The predicted molar refractivity (Wildman–Crippen MR) is 93.4 cm³/mol. The van der Waals surface area contributed by atoms with Crippen LogP contribution in [0, 0.1) is 0 Å². The Balaban J connectivity index is 1.41. The second-order valence-corrected chi connectivity index (χ2v) is 7.16. The van der Waals surface area contributed by atoms with Crippen LogP contribution in [0.3, 0.4) is 0 Å². The molecule has 3 nitrogen and oxygen atoms in total. The Kier molecular flexibility index (Phi) is 4.73. The van der Waals surface area contributed by atoms with Crippen LogP contribution in [0.5, 0.6) is 0 Å². The van der Waals surface area contributed by atoms with Gasteiger partial charge in [-0.15, -0.1) is 0 Å². The van der Waals surface area contributed by atoms with Crippen molar-refractivity contribution in [2.24, 2.45) is 4.99 Å². The van der Waals surface area contributed by atoms with Gasteiger partial charge in [-0.2, -0.15) is 0 Å². The number of thioether (sulfide) groups is 1. The number of benzene rings is 1. The van der Waals surface area contributed by atoms with Gasteiger partial charge in [0.05, 0.1) is 0 Å². The molecule has 114 valence electrons. The number of hydrogen-bond acceptors (Lipinski definition) is 3. The van der Waals surface area contributed by atoms with Gasteiger partial charge in [0.1, 0.15) is 0 Å². The highest BCUT2D eigenvalue weighted by Crippen LogP contribution is 2.37. The molecule has 0 bridgehead atoms. The number of amidine groups is 1. The first-order valence-corrected chi connectivity index (χ1v) is 8.98. The topological polar surface area (TPSA) is 27.6 Å². The number of nitrogens with one attached hydrogen (secondary N) is 1.